The minimum absolute atomic E-state index is 0.0537. The second kappa shape index (κ2) is 7.35. The maximum absolute atomic E-state index is 11.9. The topological polar surface area (TPSA) is 93.1 Å². The fourth-order valence-electron chi connectivity index (χ4n) is 1.98. The first-order valence-corrected chi connectivity index (χ1v) is 7.10. The Labute approximate surface area is 127 Å². The third-order valence-electron chi connectivity index (χ3n) is 3.07. The average molecular weight is 302 g/mol. The summed E-state index contributed by atoms with van der Waals surface area (Å²) in [7, 11) is 0. The molecule has 1 aromatic heterocycles. The van der Waals surface area contributed by atoms with Crippen LogP contribution in [0.1, 0.15) is 13.3 Å². The van der Waals surface area contributed by atoms with Gasteiger partial charge in [0.05, 0.1) is 18.3 Å². The molecule has 2 rings (SSSR count). The maximum atomic E-state index is 11.9. The number of carbonyl (C=O) groups is 2. The molecule has 2 N–H and O–H groups in total. The Balaban J connectivity index is 2.02. The van der Waals surface area contributed by atoms with Crippen molar-refractivity contribution >= 4 is 22.7 Å². The van der Waals surface area contributed by atoms with E-state index in [1.54, 1.807) is 24.3 Å². The molecule has 1 heterocycles. The number of hydrogen-bond acceptors (Lipinski definition) is 4. The lowest BCUT2D eigenvalue weighted by atomic mass is 10.2. The smallest absolute Gasteiger partial charge is 0.242 e. The monoisotopic (exact) mass is 302 g/mol. The highest BCUT2D eigenvalue weighted by Crippen LogP contribution is 2.07. The molecule has 1 aromatic carbocycles. The van der Waals surface area contributed by atoms with Gasteiger partial charge in [-0.25, -0.2) is 0 Å². The zero-order valence-electron chi connectivity index (χ0n) is 12.3. The minimum atomic E-state index is -0.340. The van der Waals surface area contributed by atoms with Crippen molar-refractivity contribution in [1.29, 1.82) is 0 Å². The van der Waals surface area contributed by atoms with Gasteiger partial charge in [-0.05, 0) is 18.6 Å². The molecule has 2 aromatic rings. The van der Waals surface area contributed by atoms with Gasteiger partial charge in [0.1, 0.15) is 6.54 Å². The first-order chi connectivity index (χ1) is 10.6. The Kier molecular flexibility index (Phi) is 5.24. The van der Waals surface area contributed by atoms with Gasteiger partial charge in [-0.2, -0.15) is 5.10 Å². The third-order valence-corrected chi connectivity index (χ3v) is 3.07. The molecule has 0 aliphatic rings. The summed E-state index contributed by atoms with van der Waals surface area (Å²) in [5.41, 5.74) is 0.395. The van der Waals surface area contributed by atoms with E-state index in [0.717, 1.165) is 6.42 Å². The van der Waals surface area contributed by atoms with Gasteiger partial charge in [-0.1, -0.05) is 19.1 Å². The fourth-order valence-corrected chi connectivity index (χ4v) is 1.98. The summed E-state index contributed by atoms with van der Waals surface area (Å²) in [5.74, 6) is -0.569. The number of benzene rings is 1. The lowest BCUT2D eigenvalue weighted by molar-refractivity contribution is -0.126. The van der Waals surface area contributed by atoms with E-state index in [-0.39, 0.29) is 30.3 Å². The van der Waals surface area contributed by atoms with Crippen molar-refractivity contribution in [2.75, 3.05) is 13.1 Å². The van der Waals surface area contributed by atoms with Crippen LogP contribution in [0.3, 0.4) is 0 Å². The zero-order chi connectivity index (χ0) is 15.9. The summed E-state index contributed by atoms with van der Waals surface area (Å²) in [6.07, 6.45) is 2.02. The van der Waals surface area contributed by atoms with Crippen LogP contribution in [0, 0.1) is 0 Å². The molecule has 0 fully saturated rings. The summed E-state index contributed by atoms with van der Waals surface area (Å²) in [5, 5.41) is 9.67. The van der Waals surface area contributed by atoms with Crippen LogP contribution in [-0.4, -0.2) is 34.7 Å². The Morgan fingerprint density at radius 3 is 2.73 bits per heavy atom. The molecule has 0 spiro atoms. The van der Waals surface area contributed by atoms with Crippen LogP contribution in [0.15, 0.2) is 35.3 Å². The number of fused-ring (bicyclic) bond motifs is 1. The molecule has 0 atom stereocenters. The molecule has 0 radical (unpaired) electrons. The predicted molar refractivity (Wildman–Crippen MR) is 82.3 cm³/mol. The molecule has 2 amide bonds. The molecule has 116 valence electrons. The highest BCUT2D eigenvalue weighted by molar-refractivity contribution is 5.85. The van der Waals surface area contributed by atoms with Gasteiger partial charge in [0, 0.05) is 11.9 Å². The standard InChI is InChI=1S/C15H18N4O3/c1-2-7-16-14(21)9-17-15(22)10-19-12-6-4-3-5-11(12)13(20)8-18-19/h3-6,8H,2,7,9-10H2,1H3,(H,16,21)(H,17,22). The van der Waals surface area contributed by atoms with E-state index in [1.807, 2.05) is 6.92 Å². The molecule has 7 heteroatoms. The Morgan fingerprint density at radius 1 is 1.18 bits per heavy atom. The van der Waals surface area contributed by atoms with Gasteiger partial charge in [0.25, 0.3) is 0 Å². The molecular formula is C15H18N4O3. The van der Waals surface area contributed by atoms with Crippen molar-refractivity contribution < 1.29 is 9.59 Å². The van der Waals surface area contributed by atoms with Crippen LogP contribution >= 0.6 is 0 Å². The van der Waals surface area contributed by atoms with Crippen molar-refractivity contribution in [3.05, 3.63) is 40.7 Å². The number of para-hydroxylation sites is 1. The molecule has 0 saturated heterocycles. The molecular weight excluding hydrogens is 284 g/mol. The quantitative estimate of drug-likeness (QED) is 0.788. The predicted octanol–water partition coefficient (Wildman–Crippen LogP) is 0.0389. The molecule has 0 saturated carbocycles. The number of carbonyl (C=O) groups excluding carboxylic acids is 2. The lowest BCUT2D eigenvalue weighted by Crippen LogP contribution is -2.38. The van der Waals surface area contributed by atoms with Crippen LogP contribution in [-0.2, 0) is 16.1 Å². The first kappa shape index (κ1) is 15.7. The summed E-state index contributed by atoms with van der Waals surface area (Å²) in [6, 6.07) is 6.94. The van der Waals surface area contributed by atoms with Gasteiger partial charge in [-0.3, -0.25) is 19.1 Å². The van der Waals surface area contributed by atoms with E-state index >= 15 is 0 Å². The van der Waals surface area contributed by atoms with Crippen LogP contribution in [0.2, 0.25) is 0 Å². The van der Waals surface area contributed by atoms with E-state index in [2.05, 4.69) is 15.7 Å². The van der Waals surface area contributed by atoms with Gasteiger partial charge in [0.15, 0.2) is 0 Å². The van der Waals surface area contributed by atoms with Crippen molar-refractivity contribution in [2.24, 2.45) is 0 Å². The second-order valence-corrected chi connectivity index (χ2v) is 4.81. The van der Waals surface area contributed by atoms with Crippen LogP contribution in [0.5, 0.6) is 0 Å². The molecule has 7 nitrogen and oxygen atoms in total. The molecule has 0 aliphatic heterocycles. The highest BCUT2D eigenvalue weighted by Gasteiger charge is 2.09. The van der Waals surface area contributed by atoms with Gasteiger partial charge < -0.3 is 10.6 Å². The second-order valence-electron chi connectivity index (χ2n) is 4.81. The van der Waals surface area contributed by atoms with E-state index in [9.17, 15) is 14.4 Å². The largest absolute Gasteiger partial charge is 0.355 e. The third kappa shape index (κ3) is 3.91. The average Bonchev–Trinajstić information content (AvgIpc) is 2.54. The molecule has 0 bridgehead atoms. The number of nitrogens with one attached hydrogen (secondary N) is 2. The van der Waals surface area contributed by atoms with Crippen molar-refractivity contribution in [3.8, 4) is 0 Å². The van der Waals surface area contributed by atoms with E-state index in [1.165, 1.54) is 10.9 Å². The summed E-state index contributed by atoms with van der Waals surface area (Å²) in [6.45, 7) is 2.41. The van der Waals surface area contributed by atoms with Crippen molar-refractivity contribution in [3.63, 3.8) is 0 Å². The zero-order valence-corrected chi connectivity index (χ0v) is 12.3. The van der Waals surface area contributed by atoms with Gasteiger partial charge in [-0.15, -0.1) is 0 Å². The van der Waals surface area contributed by atoms with Crippen LogP contribution < -0.4 is 16.1 Å². The Hall–Kier alpha value is -2.70. The summed E-state index contributed by atoms with van der Waals surface area (Å²) < 4.78 is 1.44. The van der Waals surface area contributed by atoms with Crippen LogP contribution in [0.25, 0.3) is 10.9 Å². The van der Waals surface area contributed by atoms with Crippen LogP contribution in [0.4, 0.5) is 0 Å². The first-order valence-electron chi connectivity index (χ1n) is 7.10. The maximum Gasteiger partial charge on any atom is 0.242 e. The SMILES string of the molecule is CCCNC(=O)CNC(=O)Cn1ncc(=O)c2ccccc21. The highest BCUT2D eigenvalue weighted by atomic mass is 16.2. The number of rotatable bonds is 6. The lowest BCUT2D eigenvalue weighted by Gasteiger charge is -2.09. The van der Waals surface area contributed by atoms with Gasteiger partial charge >= 0.3 is 0 Å². The number of nitrogens with zero attached hydrogens (tertiary/aromatic N) is 2. The van der Waals surface area contributed by atoms with E-state index in [4.69, 9.17) is 0 Å². The van der Waals surface area contributed by atoms with Crippen molar-refractivity contribution in [1.82, 2.24) is 20.4 Å². The summed E-state index contributed by atoms with van der Waals surface area (Å²) in [4.78, 5) is 35.0. The van der Waals surface area contributed by atoms with Crippen molar-refractivity contribution in [2.45, 2.75) is 19.9 Å². The number of aromatic nitrogens is 2. The number of amides is 2. The van der Waals surface area contributed by atoms with E-state index < -0.39 is 0 Å². The fraction of sp³-hybridized carbons (Fsp3) is 0.333. The Morgan fingerprint density at radius 2 is 1.95 bits per heavy atom. The summed E-state index contributed by atoms with van der Waals surface area (Å²) >= 11 is 0. The van der Waals surface area contributed by atoms with E-state index in [0.29, 0.717) is 17.4 Å². The number of hydrogen-bond donors (Lipinski definition) is 2. The minimum Gasteiger partial charge on any atom is -0.355 e. The normalized spacial score (nSPS) is 10.4. The Bertz CT molecular complexity index is 739. The molecule has 0 unspecified atom stereocenters. The molecule has 0 aliphatic carbocycles. The molecule has 22 heavy (non-hydrogen) atoms. The van der Waals surface area contributed by atoms with Gasteiger partial charge in [0.2, 0.25) is 17.2 Å².